The van der Waals surface area contributed by atoms with E-state index < -0.39 is 0 Å². The van der Waals surface area contributed by atoms with E-state index in [-0.39, 0.29) is 0 Å². The van der Waals surface area contributed by atoms with E-state index in [4.69, 9.17) is 14.7 Å². The summed E-state index contributed by atoms with van der Waals surface area (Å²) in [5.74, 6) is 3.13. The highest BCUT2D eigenvalue weighted by Gasteiger charge is 2.25. The second kappa shape index (κ2) is 10.6. The number of aromatic nitrogens is 2. The summed E-state index contributed by atoms with van der Waals surface area (Å²) in [7, 11) is 3.86. The number of ether oxygens (including phenoxy) is 1. The smallest absolute Gasteiger partial charge is 0.162 e. The summed E-state index contributed by atoms with van der Waals surface area (Å²) in [6, 6.07) is 14.8. The lowest BCUT2D eigenvalue weighted by Crippen LogP contribution is -2.34. The van der Waals surface area contributed by atoms with Gasteiger partial charge in [0.2, 0.25) is 0 Å². The van der Waals surface area contributed by atoms with Crippen LogP contribution in [0.2, 0.25) is 0 Å². The van der Waals surface area contributed by atoms with E-state index in [0.29, 0.717) is 11.7 Å². The molecule has 4 rings (SSSR count). The van der Waals surface area contributed by atoms with Gasteiger partial charge in [0.25, 0.3) is 0 Å². The van der Waals surface area contributed by atoms with E-state index in [1.807, 2.05) is 12.1 Å². The third kappa shape index (κ3) is 4.69. The van der Waals surface area contributed by atoms with Gasteiger partial charge in [0.1, 0.15) is 11.6 Å². The second-order valence-corrected chi connectivity index (χ2v) is 8.65. The Balaban J connectivity index is 1.73. The van der Waals surface area contributed by atoms with Gasteiger partial charge in [-0.15, -0.1) is 0 Å². The van der Waals surface area contributed by atoms with Crippen LogP contribution in [-0.2, 0) is 0 Å². The van der Waals surface area contributed by atoms with Gasteiger partial charge in [0.15, 0.2) is 5.82 Å². The van der Waals surface area contributed by atoms with Crippen LogP contribution in [0.4, 0.5) is 11.5 Å². The summed E-state index contributed by atoms with van der Waals surface area (Å²) in [5.41, 5.74) is 4.28. The molecule has 0 amide bonds. The predicted octanol–water partition coefficient (Wildman–Crippen LogP) is 6.23. The molecule has 1 saturated heterocycles. The molecule has 176 valence electrons. The first-order chi connectivity index (χ1) is 16.6. The molecule has 2 heterocycles. The van der Waals surface area contributed by atoms with Crippen LogP contribution in [0.25, 0.3) is 16.5 Å². The molecule has 1 aliphatic heterocycles. The number of anilines is 2. The van der Waals surface area contributed by atoms with Crippen LogP contribution in [0.5, 0.6) is 5.75 Å². The lowest BCUT2D eigenvalue weighted by molar-refractivity contribution is 0.397. The zero-order valence-electron chi connectivity index (χ0n) is 20.5. The van der Waals surface area contributed by atoms with Gasteiger partial charge in [-0.1, -0.05) is 49.6 Å². The van der Waals surface area contributed by atoms with E-state index >= 15 is 0 Å². The second-order valence-electron chi connectivity index (χ2n) is 8.65. The van der Waals surface area contributed by atoms with Crippen molar-refractivity contribution in [2.45, 2.75) is 25.7 Å². The van der Waals surface area contributed by atoms with Crippen molar-refractivity contribution in [3.05, 3.63) is 85.2 Å². The number of hydrogen-bond donors (Lipinski definition) is 0. The Hall–Kier alpha value is -3.60. The number of para-hydroxylation sites is 1. The number of hydrogen-bond acceptors (Lipinski definition) is 5. The quantitative estimate of drug-likeness (QED) is 0.377. The Morgan fingerprint density at radius 2 is 1.91 bits per heavy atom. The maximum atomic E-state index is 5.63. The zero-order chi connectivity index (χ0) is 24.1. The van der Waals surface area contributed by atoms with Crippen molar-refractivity contribution in [3.63, 3.8) is 0 Å². The fourth-order valence-electron chi connectivity index (χ4n) is 4.66. The minimum Gasteiger partial charge on any atom is -0.496 e. The van der Waals surface area contributed by atoms with Gasteiger partial charge in [-0.3, -0.25) is 0 Å². The van der Waals surface area contributed by atoms with Crippen LogP contribution >= 0.6 is 0 Å². The number of piperidine rings is 1. The summed E-state index contributed by atoms with van der Waals surface area (Å²) in [6.07, 6.45) is 7.55. The van der Waals surface area contributed by atoms with E-state index in [9.17, 15) is 0 Å². The summed E-state index contributed by atoms with van der Waals surface area (Å²) in [6.45, 7) is 12.7. The number of benzene rings is 2. The molecular formula is C29H34N4O. The van der Waals surface area contributed by atoms with Crippen LogP contribution in [0.3, 0.4) is 0 Å². The van der Waals surface area contributed by atoms with Crippen LogP contribution in [-0.4, -0.2) is 43.8 Å². The molecule has 3 aromatic rings. The first-order valence-corrected chi connectivity index (χ1v) is 12.0. The maximum absolute atomic E-state index is 5.63. The monoisotopic (exact) mass is 454 g/mol. The molecule has 5 heteroatoms. The van der Waals surface area contributed by atoms with E-state index in [0.717, 1.165) is 60.5 Å². The molecule has 0 saturated carbocycles. The Morgan fingerprint density at radius 3 is 2.59 bits per heavy atom. The number of nitrogens with zero attached hydrogens (tertiary/aromatic N) is 4. The highest BCUT2D eigenvalue weighted by Crippen LogP contribution is 2.37. The third-order valence-corrected chi connectivity index (χ3v) is 6.72. The first kappa shape index (κ1) is 23.6. The van der Waals surface area contributed by atoms with Gasteiger partial charge in [-0.2, -0.15) is 0 Å². The van der Waals surface area contributed by atoms with Gasteiger partial charge in [0.05, 0.1) is 12.6 Å². The Morgan fingerprint density at radius 1 is 1.15 bits per heavy atom. The molecule has 0 bridgehead atoms. The molecule has 0 spiro atoms. The fourth-order valence-corrected chi connectivity index (χ4v) is 4.66. The van der Waals surface area contributed by atoms with Crippen molar-refractivity contribution in [1.29, 1.82) is 0 Å². The number of fused-ring (bicyclic) bond motifs is 1. The summed E-state index contributed by atoms with van der Waals surface area (Å²) < 4.78 is 5.63. The predicted molar refractivity (Wildman–Crippen MR) is 144 cm³/mol. The average Bonchev–Trinajstić information content (AvgIpc) is 2.90. The molecule has 0 unspecified atom stereocenters. The topological polar surface area (TPSA) is 41.5 Å². The van der Waals surface area contributed by atoms with E-state index in [2.05, 4.69) is 73.3 Å². The molecule has 1 fully saturated rings. The van der Waals surface area contributed by atoms with Crippen molar-refractivity contribution in [2.75, 3.05) is 43.6 Å². The molecule has 34 heavy (non-hydrogen) atoms. The molecule has 1 aromatic heterocycles. The molecule has 0 radical (unpaired) electrons. The van der Waals surface area contributed by atoms with Crippen molar-refractivity contribution in [1.82, 2.24) is 9.97 Å². The van der Waals surface area contributed by atoms with E-state index in [1.165, 1.54) is 11.3 Å². The minimum atomic E-state index is 0.478. The zero-order valence-corrected chi connectivity index (χ0v) is 20.5. The highest BCUT2D eigenvalue weighted by atomic mass is 16.5. The molecule has 1 aliphatic rings. The molecule has 0 N–H and O–H groups in total. The highest BCUT2D eigenvalue weighted by molar-refractivity contribution is 5.93. The molecule has 2 aromatic carbocycles. The standard InChI is InChI=1S/C29H34N4O/c1-6-11-21(7-2)28-30-26-15-14-23(32(4)8-3)20-25(26)29(31-28)33-18-16-22(17-19-33)24-12-9-10-13-27(24)34-5/h6-7,9-15,20,22H,1-2,8,16-19H2,3-5H3/b21-11+. The lowest BCUT2D eigenvalue weighted by Gasteiger charge is -2.34. The van der Waals surface area contributed by atoms with Crippen LogP contribution < -0.4 is 14.5 Å². The third-order valence-electron chi connectivity index (χ3n) is 6.72. The summed E-state index contributed by atoms with van der Waals surface area (Å²) in [4.78, 5) is 14.6. The van der Waals surface area contributed by atoms with Crippen molar-refractivity contribution >= 4 is 28.0 Å². The molecule has 0 aliphatic carbocycles. The van der Waals surface area contributed by atoms with Crippen LogP contribution in [0.1, 0.15) is 37.1 Å². The van der Waals surface area contributed by atoms with Gasteiger partial charge in [0, 0.05) is 43.3 Å². The lowest BCUT2D eigenvalue weighted by atomic mass is 9.88. The van der Waals surface area contributed by atoms with Gasteiger partial charge in [-0.25, -0.2) is 9.97 Å². The fraction of sp³-hybridized carbons (Fsp3) is 0.310. The maximum Gasteiger partial charge on any atom is 0.162 e. The van der Waals surface area contributed by atoms with Gasteiger partial charge < -0.3 is 14.5 Å². The summed E-state index contributed by atoms with van der Waals surface area (Å²) >= 11 is 0. The van der Waals surface area contributed by atoms with Crippen molar-refractivity contribution in [3.8, 4) is 5.75 Å². The molecule has 5 nitrogen and oxygen atoms in total. The largest absolute Gasteiger partial charge is 0.496 e. The minimum absolute atomic E-state index is 0.478. The molecule has 0 atom stereocenters. The van der Waals surface area contributed by atoms with Crippen molar-refractivity contribution in [2.24, 2.45) is 0 Å². The molecular weight excluding hydrogens is 420 g/mol. The average molecular weight is 455 g/mol. The van der Waals surface area contributed by atoms with E-state index in [1.54, 1.807) is 19.3 Å². The van der Waals surface area contributed by atoms with Gasteiger partial charge >= 0.3 is 0 Å². The summed E-state index contributed by atoms with van der Waals surface area (Å²) in [5, 5.41) is 1.08. The first-order valence-electron chi connectivity index (χ1n) is 12.0. The Kier molecular flexibility index (Phi) is 7.31. The SMILES string of the molecule is C=C/C=C(\C=C)c1nc(N2CCC(c3ccccc3OC)CC2)c2cc(N(C)CC)ccc2n1. The van der Waals surface area contributed by atoms with Crippen LogP contribution in [0, 0.1) is 0 Å². The number of rotatable bonds is 8. The van der Waals surface area contributed by atoms with Crippen LogP contribution in [0.15, 0.2) is 73.9 Å². The van der Waals surface area contributed by atoms with Gasteiger partial charge in [-0.05, 0) is 55.5 Å². The number of methoxy groups -OCH3 is 1. The Bertz CT molecular complexity index is 1210. The Labute approximate surface area is 203 Å². The normalized spacial score (nSPS) is 14.8. The number of allylic oxidation sites excluding steroid dienone is 4. The van der Waals surface area contributed by atoms with Crippen molar-refractivity contribution < 1.29 is 4.74 Å².